The summed E-state index contributed by atoms with van der Waals surface area (Å²) in [4.78, 5) is 11.0. The highest BCUT2D eigenvalue weighted by molar-refractivity contribution is 6.32. The molecule has 15 heavy (non-hydrogen) atoms. The molecule has 0 saturated carbocycles. The van der Waals surface area contributed by atoms with Gasteiger partial charge in [-0.2, -0.15) is 0 Å². The number of rotatable bonds is 1. The molecular weight excluding hydrogens is 212 g/mol. The van der Waals surface area contributed by atoms with E-state index in [4.69, 9.17) is 11.6 Å². The van der Waals surface area contributed by atoms with Gasteiger partial charge in [0.2, 0.25) is 0 Å². The van der Waals surface area contributed by atoms with Gasteiger partial charge in [-0.3, -0.25) is 0 Å². The van der Waals surface area contributed by atoms with Gasteiger partial charge in [0.1, 0.15) is 0 Å². The third-order valence-electron chi connectivity index (χ3n) is 1.77. The minimum atomic E-state index is -0.532. The number of benzene rings is 1. The van der Waals surface area contributed by atoms with Crippen LogP contribution in [0.4, 0.5) is 0 Å². The molecule has 78 valence electrons. The van der Waals surface area contributed by atoms with Gasteiger partial charge in [0, 0.05) is 11.5 Å². The first-order chi connectivity index (χ1) is 7.15. The molecule has 0 spiro atoms. The molecule has 0 N–H and O–H groups in total. The number of esters is 1. The van der Waals surface area contributed by atoms with Crippen molar-refractivity contribution in [3.63, 3.8) is 0 Å². The average Bonchev–Trinajstić information content (AvgIpc) is 2.21. The van der Waals surface area contributed by atoms with Crippen molar-refractivity contribution in [3.05, 3.63) is 34.3 Å². The number of carbonyl (C=O) groups is 1. The number of carbonyl (C=O) groups excluding carboxylic acids is 1. The van der Waals surface area contributed by atoms with E-state index in [1.807, 2.05) is 19.1 Å². The van der Waals surface area contributed by atoms with Crippen molar-refractivity contribution >= 4 is 17.6 Å². The van der Waals surface area contributed by atoms with Crippen molar-refractivity contribution in [1.82, 2.24) is 0 Å². The van der Waals surface area contributed by atoms with Crippen LogP contribution in [-0.4, -0.2) is 12.6 Å². The van der Waals surface area contributed by atoms with Gasteiger partial charge < -0.3 is 4.74 Å². The van der Waals surface area contributed by atoms with Crippen LogP contribution in [0.5, 0.6) is 0 Å². The van der Waals surface area contributed by atoms with Crippen LogP contribution in [-0.2, 0) is 9.53 Å². The summed E-state index contributed by atoms with van der Waals surface area (Å²) >= 11 is 6.00. The molecule has 2 nitrogen and oxygen atoms in total. The van der Waals surface area contributed by atoms with Crippen molar-refractivity contribution < 1.29 is 9.53 Å². The lowest BCUT2D eigenvalue weighted by Gasteiger charge is -1.98. The molecule has 0 radical (unpaired) electrons. The SMILES string of the molecule is CCOC(=O)C#Cc1cccc(C)c1Cl. The zero-order chi connectivity index (χ0) is 11.3. The molecular formula is C12H11ClO2. The predicted molar refractivity (Wildman–Crippen MR) is 59.7 cm³/mol. The minimum Gasteiger partial charge on any atom is -0.456 e. The van der Waals surface area contributed by atoms with Crippen LogP contribution in [0.15, 0.2) is 18.2 Å². The monoisotopic (exact) mass is 222 g/mol. The third-order valence-corrected chi connectivity index (χ3v) is 2.27. The Balaban J connectivity index is 2.89. The normalized spacial score (nSPS) is 9.00. The van der Waals surface area contributed by atoms with Crippen LogP contribution >= 0.6 is 11.6 Å². The van der Waals surface area contributed by atoms with E-state index in [0.29, 0.717) is 17.2 Å². The first-order valence-corrected chi connectivity index (χ1v) is 4.96. The van der Waals surface area contributed by atoms with Crippen LogP contribution in [0.25, 0.3) is 0 Å². The van der Waals surface area contributed by atoms with E-state index >= 15 is 0 Å². The van der Waals surface area contributed by atoms with Crippen LogP contribution in [0, 0.1) is 18.8 Å². The third kappa shape index (κ3) is 3.30. The Labute approximate surface area is 94.2 Å². The number of ether oxygens (including phenoxy) is 1. The second-order valence-electron chi connectivity index (χ2n) is 2.91. The van der Waals surface area contributed by atoms with E-state index < -0.39 is 5.97 Å². The van der Waals surface area contributed by atoms with Crippen LogP contribution in [0.3, 0.4) is 0 Å². The van der Waals surface area contributed by atoms with E-state index in [-0.39, 0.29) is 0 Å². The molecule has 0 unspecified atom stereocenters. The highest BCUT2D eigenvalue weighted by atomic mass is 35.5. The van der Waals surface area contributed by atoms with Gasteiger partial charge in [-0.1, -0.05) is 29.7 Å². The summed E-state index contributed by atoms with van der Waals surface area (Å²) in [5.74, 6) is 4.52. The summed E-state index contributed by atoms with van der Waals surface area (Å²) in [6, 6.07) is 5.50. The lowest BCUT2D eigenvalue weighted by Crippen LogP contribution is -1.99. The van der Waals surface area contributed by atoms with Crippen molar-refractivity contribution in [1.29, 1.82) is 0 Å². The quantitative estimate of drug-likeness (QED) is 0.539. The smallest absolute Gasteiger partial charge is 0.384 e. The van der Waals surface area contributed by atoms with Crippen molar-refractivity contribution in [3.8, 4) is 11.8 Å². The second-order valence-corrected chi connectivity index (χ2v) is 3.28. The summed E-state index contributed by atoms with van der Waals surface area (Å²) in [6.07, 6.45) is 0. The largest absolute Gasteiger partial charge is 0.456 e. The van der Waals surface area contributed by atoms with Gasteiger partial charge in [0.25, 0.3) is 0 Å². The molecule has 0 aromatic heterocycles. The summed E-state index contributed by atoms with van der Waals surface area (Å²) in [5.41, 5.74) is 1.58. The van der Waals surface area contributed by atoms with Gasteiger partial charge in [-0.05, 0) is 25.5 Å². The van der Waals surface area contributed by atoms with Gasteiger partial charge in [-0.15, -0.1) is 0 Å². The van der Waals surface area contributed by atoms with E-state index in [9.17, 15) is 4.79 Å². The Bertz CT molecular complexity index is 427. The number of aryl methyl sites for hydroxylation is 1. The van der Waals surface area contributed by atoms with E-state index in [1.54, 1.807) is 13.0 Å². The fourth-order valence-electron chi connectivity index (χ4n) is 1.03. The molecule has 1 rings (SSSR count). The minimum absolute atomic E-state index is 0.328. The van der Waals surface area contributed by atoms with Crippen LogP contribution in [0.1, 0.15) is 18.1 Å². The van der Waals surface area contributed by atoms with Crippen LogP contribution in [0.2, 0.25) is 5.02 Å². The molecule has 0 heterocycles. The molecule has 0 aliphatic rings. The van der Waals surface area contributed by atoms with E-state index in [2.05, 4.69) is 16.6 Å². The first kappa shape index (κ1) is 11.6. The Morgan fingerprint density at radius 3 is 2.93 bits per heavy atom. The van der Waals surface area contributed by atoms with Crippen molar-refractivity contribution in [2.45, 2.75) is 13.8 Å². The van der Waals surface area contributed by atoms with E-state index in [1.165, 1.54) is 0 Å². The lowest BCUT2D eigenvalue weighted by atomic mass is 10.1. The molecule has 0 fully saturated rings. The van der Waals surface area contributed by atoms with Gasteiger partial charge in [0.05, 0.1) is 11.6 Å². The summed E-state index contributed by atoms with van der Waals surface area (Å²) in [6.45, 7) is 3.95. The van der Waals surface area contributed by atoms with Crippen molar-refractivity contribution in [2.24, 2.45) is 0 Å². The Morgan fingerprint density at radius 1 is 1.53 bits per heavy atom. The number of halogens is 1. The van der Waals surface area contributed by atoms with Gasteiger partial charge in [-0.25, -0.2) is 4.79 Å². The molecule has 0 bridgehead atoms. The number of hydrogen-bond donors (Lipinski definition) is 0. The topological polar surface area (TPSA) is 26.3 Å². The Hall–Kier alpha value is -1.46. The maximum absolute atomic E-state index is 11.0. The average molecular weight is 223 g/mol. The standard InChI is InChI=1S/C12H11ClO2/c1-3-15-11(14)8-7-10-6-4-5-9(2)12(10)13/h4-6H,3H2,1-2H3. The highest BCUT2D eigenvalue weighted by Gasteiger charge is 2.00. The molecule has 0 saturated heterocycles. The zero-order valence-corrected chi connectivity index (χ0v) is 9.39. The molecule has 1 aromatic rings. The molecule has 3 heteroatoms. The van der Waals surface area contributed by atoms with Gasteiger partial charge in [0.15, 0.2) is 0 Å². The summed E-state index contributed by atoms with van der Waals surface area (Å²) in [5, 5.41) is 0.578. The lowest BCUT2D eigenvalue weighted by molar-refractivity contribution is -0.136. The Morgan fingerprint density at radius 2 is 2.27 bits per heavy atom. The molecule has 0 atom stereocenters. The molecule has 0 amide bonds. The van der Waals surface area contributed by atoms with Crippen molar-refractivity contribution in [2.75, 3.05) is 6.61 Å². The fraction of sp³-hybridized carbons (Fsp3) is 0.250. The summed E-state index contributed by atoms with van der Waals surface area (Å²) in [7, 11) is 0. The zero-order valence-electron chi connectivity index (χ0n) is 8.63. The molecule has 0 aliphatic carbocycles. The highest BCUT2D eigenvalue weighted by Crippen LogP contribution is 2.18. The molecule has 1 aromatic carbocycles. The Kier molecular flexibility index (Phi) is 4.20. The number of hydrogen-bond acceptors (Lipinski definition) is 2. The fourth-order valence-corrected chi connectivity index (χ4v) is 1.20. The first-order valence-electron chi connectivity index (χ1n) is 4.59. The second kappa shape index (κ2) is 5.43. The maximum atomic E-state index is 11.0. The molecule has 0 aliphatic heterocycles. The summed E-state index contributed by atoms with van der Waals surface area (Å²) < 4.78 is 4.68. The van der Waals surface area contributed by atoms with E-state index in [0.717, 1.165) is 5.56 Å². The maximum Gasteiger partial charge on any atom is 0.384 e. The predicted octanol–water partition coefficient (Wildman–Crippen LogP) is 2.56. The van der Waals surface area contributed by atoms with Crippen LogP contribution < -0.4 is 0 Å². The van der Waals surface area contributed by atoms with Gasteiger partial charge >= 0.3 is 5.97 Å².